The molecule has 0 spiro atoms. The lowest BCUT2D eigenvalue weighted by molar-refractivity contribution is -0.137. The minimum Gasteiger partial charge on any atom is -0.462 e. The van der Waals surface area contributed by atoms with Crippen LogP contribution in [-0.2, 0) is 9.53 Å². The molecule has 15 heavy (non-hydrogen) atoms. The first-order valence-electron chi connectivity index (χ1n) is 4.72. The van der Waals surface area contributed by atoms with Crippen LogP contribution in [0, 0.1) is 0 Å². The minimum atomic E-state index is -0.284. The second-order valence-electron chi connectivity index (χ2n) is 2.90. The van der Waals surface area contributed by atoms with Gasteiger partial charge in [0, 0.05) is 11.8 Å². The molecule has 1 aromatic carbocycles. The molecular formula is C12H14O2S. The van der Waals surface area contributed by atoms with Crippen molar-refractivity contribution in [2.45, 2.75) is 0 Å². The van der Waals surface area contributed by atoms with Crippen LogP contribution in [-0.4, -0.2) is 24.6 Å². The third-order valence-electron chi connectivity index (χ3n) is 1.74. The Morgan fingerprint density at radius 2 is 2.13 bits per heavy atom. The lowest BCUT2D eigenvalue weighted by Crippen LogP contribution is -2.03. The highest BCUT2D eigenvalue weighted by atomic mass is 32.2. The Balaban J connectivity index is 2.34. The number of esters is 1. The summed E-state index contributed by atoms with van der Waals surface area (Å²) in [5.41, 5.74) is 0.999. The van der Waals surface area contributed by atoms with Crippen molar-refractivity contribution in [1.82, 2.24) is 0 Å². The fourth-order valence-corrected chi connectivity index (χ4v) is 1.25. The molecule has 0 radical (unpaired) electrons. The van der Waals surface area contributed by atoms with Crippen LogP contribution < -0.4 is 0 Å². The number of hydrogen-bond acceptors (Lipinski definition) is 3. The van der Waals surface area contributed by atoms with E-state index >= 15 is 0 Å². The summed E-state index contributed by atoms with van der Waals surface area (Å²) in [7, 11) is 0. The Morgan fingerprint density at radius 3 is 2.80 bits per heavy atom. The molecule has 3 heteroatoms. The highest BCUT2D eigenvalue weighted by Crippen LogP contribution is 2.01. The van der Waals surface area contributed by atoms with Crippen molar-refractivity contribution < 1.29 is 9.53 Å². The fraction of sp³-hybridized carbons (Fsp3) is 0.250. The lowest BCUT2D eigenvalue weighted by Gasteiger charge is -1.98. The zero-order valence-electron chi connectivity index (χ0n) is 8.68. The average molecular weight is 222 g/mol. The Hall–Kier alpha value is -1.22. The zero-order chi connectivity index (χ0) is 10.9. The van der Waals surface area contributed by atoms with E-state index in [4.69, 9.17) is 4.74 Å². The van der Waals surface area contributed by atoms with Crippen LogP contribution >= 0.6 is 11.8 Å². The fourth-order valence-electron chi connectivity index (χ4n) is 1.00. The number of carbonyl (C=O) groups is 1. The molecule has 80 valence electrons. The Kier molecular flexibility index (Phi) is 5.63. The first kappa shape index (κ1) is 11.9. The Bertz CT molecular complexity index is 320. The van der Waals surface area contributed by atoms with Gasteiger partial charge in [-0.25, -0.2) is 4.79 Å². The third-order valence-corrected chi connectivity index (χ3v) is 2.32. The van der Waals surface area contributed by atoms with Gasteiger partial charge in [-0.3, -0.25) is 0 Å². The molecule has 0 heterocycles. The first-order valence-corrected chi connectivity index (χ1v) is 6.11. The van der Waals surface area contributed by atoms with E-state index in [2.05, 4.69) is 0 Å². The summed E-state index contributed by atoms with van der Waals surface area (Å²) in [5.74, 6) is 0.554. The second kappa shape index (κ2) is 7.12. The quantitative estimate of drug-likeness (QED) is 0.435. The number of thioether (sulfide) groups is 1. The van der Waals surface area contributed by atoms with Crippen molar-refractivity contribution in [2.75, 3.05) is 18.6 Å². The topological polar surface area (TPSA) is 26.3 Å². The second-order valence-corrected chi connectivity index (χ2v) is 3.89. The predicted molar refractivity (Wildman–Crippen MR) is 64.8 cm³/mol. The molecule has 0 fully saturated rings. The maximum atomic E-state index is 11.2. The number of rotatable bonds is 5. The molecule has 0 aliphatic carbocycles. The van der Waals surface area contributed by atoms with E-state index in [0.717, 1.165) is 11.3 Å². The lowest BCUT2D eigenvalue weighted by atomic mass is 10.2. The van der Waals surface area contributed by atoms with E-state index < -0.39 is 0 Å². The molecule has 0 saturated heterocycles. The smallest absolute Gasteiger partial charge is 0.330 e. The van der Waals surface area contributed by atoms with Crippen LogP contribution in [0.4, 0.5) is 0 Å². The summed E-state index contributed by atoms with van der Waals surface area (Å²) in [6, 6.07) is 9.67. The molecule has 0 aromatic heterocycles. The number of ether oxygens (including phenoxy) is 1. The van der Waals surface area contributed by atoms with E-state index in [1.807, 2.05) is 36.6 Å². The van der Waals surface area contributed by atoms with Crippen LogP contribution in [0.3, 0.4) is 0 Å². The molecule has 1 rings (SSSR count). The van der Waals surface area contributed by atoms with Crippen molar-refractivity contribution in [3.05, 3.63) is 42.0 Å². The highest BCUT2D eigenvalue weighted by Gasteiger charge is 1.95. The molecule has 0 atom stereocenters. The van der Waals surface area contributed by atoms with Crippen LogP contribution in [0.2, 0.25) is 0 Å². The monoisotopic (exact) mass is 222 g/mol. The van der Waals surface area contributed by atoms with Gasteiger partial charge in [0.2, 0.25) is 0 Å². The van der Waals surface area contributed by atoms with Gasteiger partial charge in [0.05, 0.1) is 0 Å². The van der Waals surface area contributed by atoms with Gasteiger partial charge in [-0.15, -0.1) is 0 Å². The van der Waals surface area contributed by atoms with Gasteiger partial charge in [0.25, 0.3) is 0 Å². The highest BCUT2D eigenvalue weighted by molar-refractivity contribution is 7.98. The van der Waals surface area contributed by atoms with Gasteiger partial charge in [0.15, 0.2) is 0 Å². The molecule has 0 amide bonds. The van der Waals surface area contributed by atoms with Crippen molar-refractivity contribution in [2.24, 2.45) is 0 Å². The summed E-state index contributed by atoms with van der Waals surface area (Å²) in [4.78, 5) is 11.2. The summed E-state index contributed by atoms with van der Waals surface area (Å²) in [5, 5.41) is 0. The maximum Gasteiger partial charge on any atom is 0.330 e. The van der Waals surface area contributed by atoms with E-state index in [1.54, 1.807) is 17.8 Å². The summed E-state index contributed by atoms with van der Waals surface area (Å²) in [6.07, 6.45) is 5.19. The standard InChI is InChI=1S/C12H14O2S/c1-15-10-9-14-12(13)8-7-11-5-3-2-4-6-11/h2-8H,9-10H2,1H3/b8-7+. The Morgan fingerprint density at radius 1 is 1.40 bits per heavy atom. The molecule has 0 aliphatic rings. The summed E-state index contributed by atoms with van der Waals surface area (Å²) < 4.78 is 4.96. The summed E-state index contributed by atoms with van der Waals surface area (Å²) >= 11 is 1.66. The summed E-state index contributed by atoms with van der Waals surface area (Å²) in [6.45, 7) is 0.471. The molecule has 0 aliphatic heterocycles. The van der Waals surface area contributed by atoms with E-state index in [-0.39, 0.29) is 5.97 Å². The van der Waals surface area contributed by atoms with E-state index in [1.165, 1.54) is 6.08 Å². The van der Waals surface area contributed by atoms with E-state index in [0.29, 0.717) is 6.61 Å². The number of benzene rings is 1. The van der Waals surface area contributed by atoms with Crippen molar-refractivity contribution in [1.29, 1.82) is 0 Å². The first-order chi connectivity index (χ1) is 7.33. The average Bonchev–Trinajstić information content (AvgIpc) is 2.28. The predicted octanol–water partition coefficient (Wildman–Crippen LogP) is 2.61. The SMILES string of the molecule is CSCCOC(=O)/C=C/c1ccccc1. The van der Waals surface area contributed by atoms with Gasteiger partial charge in [-0.1, -0.05) is 30.3 Å². The van der Waals surface area contributed by atoms with Gasteiger partial charge < -0.3 is 4.74 Å². The largest absolute Gasteiger partial charge is 0.462 e. The molecule has 0 unspecified atom stereocenters. The Labute approximate surface area is 94.3 Å². The van der Waals surface area contributed by atoms with Crippen LogP contribution in [0.15, 0.2) is 36.4 Å². The van der Waals surface area contributed by atoms with Crippen LogP contribution in [0.1, 0.15) is 5.56 Å². The van der Waals surface area contributed by atoms with E-state index in [9.17, 15) is 4.79 Å². The third kappa shape index (κ3) is 5.27. The normalized spacial score (nSPS) is 10.5. The van der Waals surface area contributed by atoms with Gasteiger partial charge in [0.1, 0.15) is 6.61 Å². The number of hydrogen-bond donors (Lipinski definition) is 0. The molecule has 2 nitrogen and oxygen atoms in total. The van der Waals surface area contributed by atoms with Crippen LogP contribution in [0.5, 0.6) is 0 Å². The van der Waals surface area contributed by atoms with Crippen molar-refractivity contribution >= 4 is 23.8 Å². The van der Waals surface area contributed by atoms with Gasteiger partial charge >= 0.3 is 5.97 Å². The zero-order valence-corrected chi connectivity index (χ0v) is 9.50. The number of carbonyl (C=O) groups excluding carboxylic acids is 1. The minimum absolute atomic E-state index is 0.284. The van der Waals surface area contributed by atoms with Gasteiger partial charge in [-0.2, -0.15) is 11.8 Å². The molecule has 0 bridgehead atoms. The molecule has 0 N–H and O–H groups in total. The maximum absolute atomic E-state index is 11.2. The molecule has 1 aromatic rings. The van der Waals surface area contributed by atoms with Crippen molar-refractivity contribution in [3.8, 4) is 0 Å². The molecular weight excluding hydrogens is 208 g/mol. The molecule has 0 saturated carbocycles. The van der Waals surface area contributed by atoms with Crippen LogP contribution in [0.25, 0.3) is 6.08 Å². The van der Waals surface area contributed by atoms with Crippen molar-refractivity contribution in [3.63, 3.8) is 0 Å². The van der Waals surface area contributed by atoms with Gasteiger partial charge in [-0.05, 0) is 17.9 Å².